The Morgan fingerprint density at radius 2 is 1.68 bits per heavy atom. The summed E-state index contributed by atoms with van der Waals surface area (Å²) in [5.74, 6) is -0.817. The van der Waals surface area contributed by atoms with Crippen molar-refractivity contribution in [3.63, 3.8) is 0 Å². The first kappa shape index (κ1) is 14.4. The summed E-state index contributed by atoms with van der Waals surface area (Å²) in [5, 5.41) is 0.497. The van der Waals surface area contributed by atoms with Crippen LogP contribution in [0.25, 0.3) is 10.9 Å². The number of pyridine rings is 1. The number of amides is 1. The zero-order chi connectivity index (χ0) is 15.7. The van der Waals surface area contributed by atoms with Gasteiger partial charge in [-0.2, -0.15) is 0 Å². The number of fused-ring (bicyclic) bond motifs is 1. The highest BCUT2D eigenvalue weighted by Gasteiger charge is 2.19. The van der Waals surface area contributed by atoms with Gasteiger partial charge in [0, 0.05) is 11.9 Å². The van der Waals surface area contributed by atoms with E-state index in [0.717, 1.165) is 5.56 Å². The van der Waals surface area contributed by atoms with Crippen LogP contribution in [0.5, 0.6) is 0 Å². The zero-order valence-corrected chi connectivity index (χ0v) is 12.4. The lowest BCUT2D eigenvalue weighted by Crippen LogP contribution is -2.25. The molecule has 0 bridgehead atoms. The van der Waals surface area contributed by atoms with Gasteiger partial charge in [-0.15, -0.1) is 0 Å². The van der Waals surface area contributed by atoms with Crippen LogP contribution in [-0.4, -0.2) is 10.5 Å². The van der Waals surface area contributed by atoms with Gasteiger partial charge >= 0.3 is 0 Å². The summed E-state index contributed by atoms with van der Waals surface area (Å²) in [7, 11) is 0. The third kappa shape index (κ3) is 2.38. The van der Waals surface area contributed by atoms with Crippen LogP contribution in [0.4, 0.5) is 0 Å². The van der Waals surface area contributed by atoms with E-state index in [9.17, 15) is 9.59 Å². The number of hydrogen-bond acceptors (Lipinski definition) is 2. The van der Waals surface area contributed by atoms with Gasteiger partial charge in [0.05, 0.1) is 5.52 Å². The van der Waals surface area contributed by atoms with E-state index in [1.807, 2.05) is 36.4 Å². The monoisotopic (exact) mass is 312 g/mol. The maximum Gasteiger partial charge on any atom is 0.255 e. The van der Waals surface area contributed by atoms with E-state index >= 15 is 0 Å². The number of halogens is 1. The normalized spacial score (nSPS) is 10.8. The fourth-order valence-corrected chi connectivity index (χ4v) is 2.83. The number of nitrogens with zero attached hydrogens (tertiary/aromatic N) is 1. The fourth-order valence-electron chi connectivity index (χ4n) is 2.50. The smallest absolute Gasteiger partial charge is 0.255 e. The Labute approximate surface area is 131 Å². The average molecular weight is 313 g/mol. The van der Waals surface area contributed by atoms with Crippen LogP contribution in [0.3, 0.4) is 0 Å². The molecule has 0 aliphatic rings. The molecule has 110 valence electrons. The number of carbonyl (C=O) groups excluding carboxylic acids is 1. The van der Waals surface area contributed by atoms with Gasteiger partial charge in [0.25, 0.3) is 5.91 Å². The summed E-state index contributed by atoms with van der Waals surface area (Å²) in [4.78, 5) is 24.0. The van der Waals surface area contributed by atoms with Crippen LogP contribution in [0, 0.1) is 0 Å². The standard InChI is InChI=1S/C17H13ClN2O2/c18-16-14(17(19)22)15(21)12-8-4-5-9-13(12)20(16)10-11-6-2-1-3-7-11/h1-9H,10H2,(H2,19,22). The summed E-state index contributed by atoms with van der Waals surface area (Å²) < 4.78 is 1.73. The first-order chi connectivity index (χ1) is 10.6. The van der Waals surface area contributed by atoms with Crippen molar-refractivity contribution in [1.29, 1.82) is 0 Å². The molecule has 5 heteroatoms. The number of primary amides is 1. The number of rotatable bonds is 3. The Hall–Kier alpha value is -2.59. The molecule has 22 heavy (non-hydrogen) atoms. The van der Waals surface area contributed by atoms with Crippen molar-refractivity contribution in [1.82, 2.24) is 4.57 Å². The molecule has 0 saturated carbocycles. The second kappa shape index (κ2) is 5.66. The van der Waals surface area contributed by atoms with Gasteiger partial charge in [0.1, 0.15) is 10.7 Å². The Morgan fingerprint density at radius 1 is 1.05 bits per heavy atom. The summed E-state index contributed by atoms with van der Waals surface area (Å²) in [6.45, 7) is 0.445. The minimum atomic E-state index is -0.817. The van der Waals surface area contributed by atoms with Gasteiger partial charge in [-0.25, -0.2) is 0 Å². The number of nitrogens with two attached hydrogens (primary N) is 1. The quantitative estimate of drug-likeness (QED) is 0.756. The van der Waals surface area contributed by atoms with Crippen molar-refractivity contribution >= 4 is 28.4 Å². The maximum absolute atomic E-state index is 12.4. The molecule has 0 aliphatic carbocycles. The summed E-state index contributed by atoms with van der Waals surface area (Å²) in [6, 6.07) is 16.7. The maximum atomic E-state index is 12.4. The molecule has 1 aromatic heterocycles. The highest BCUT2D eigenvalue weighted by atomic mass is 35.5. The van der Waals surface area contributed by atoms with Crippen molar-refractivity contribution < 1.29 is 4.79 Å². The second-order valence-corrected chi connectivity index (χ2v) is 5.31. The molecule has 2 aromatic carbocycles. The highest BCUT2D eigenvalue weighted by Crippen LogP contribution is 2.22. The number of carbonyl (C=O) groups is 1. The molecule has 0 unspecified atom stereocenters. The van der Waals surface area contributed by atoms with E-state index in [-0.39, 0.29) is 10.7 Å². The van der Waals surface area contributed by atoms with Gasteiger partial charge in [0.2, 0.25) is 5.43 Å². The van der Waals surface area contributed by atoms with E-state index in [0.29, 0.717) is 17.4 Å². The van der Waals surface area contributed by atoms with Gasteiger partial charge in [-0.05, 0) is 17.7 Å². The third-order valence-corrected chi connectivity index (χ3v) is 3.93. The Balaban J connectivity index is 2.33. The van der Waals surface area contributed by atoms with Crippen LogP contribution in [-0.2, 0) is 6.54 Å². The molecule has 0 spiro atoms. The molecule has 3 aromatic rings. The largest absolute Gasteiger partial charge is 0.365 e. The van der Waals surface area contributed by atoms with Gasteiger partial charge in [-0.1, -0.05) is 54.1 Å². The predicted octanol–water partition coefficient (Wildman–Crippen LogP) is 2.80. The van der Waals surface area contributed by atoms with E-state index in [2.05, 4.69) is 0 Å². The predicted molar refractivity (Wildman–Crippen MR) is 87.3 cm³/mol. The summed E-state index contributed by atoms with van der Waals surface area (Å²) >= 11 is 6.30. The van der Waals surface area contributed by atoms with Crippen molar-refractivity contribution in [2.75, 3.05) is 0 Å². The second-order valence-electron chi connectivity index (χ2n) is 4.95. The molecule has 1 heterocycles. The highest BCUT2D eigenvalue weighted by molar-refractivity contribution is 6.33. The molecule has 2 N–H and O–H groups in total. The van der Waals surface area contributed by atoms with Gasteiger partial charge < -0.3 is 10.3 Å². The van der Waals surface area contributed by atoms with Crippen LogP contribution in [0.2, 0.25) is 5.15 Å². The summed E-state index contributed by atoms with van der Waals surface area (Å²) in [5.41, 5.74) is 6.41. The van der Waals surface area contributed by atoms with Gasteiger partial charge in [-0.3, -0.25) is 9.59 Å². The first-order valence-corrected chi connectivity index (χ1v) is 7.12. The lowest BCUT2D eigenvalue weighted by Gasteiger charge is -2.15. The topological polar surface area (TPSA) is 65.1 Å². The first-order valence-electron chi connectivity index (χ1n) is 6.74. The van der Waals surface area contributed by atoms with Crippen molar-refractivity contribution in [2.24, 2.45) is 5.73 Å². The third-order valence-electron chi connectivity index (χ3n) is 3.54. The number of hydrogen-bond donors (Lipinski definition) is 1. The number of aromatic nitrogens is 1. The Bertz CT molecular complexity index is 917. The summed E-state index contributed by atoms with van der Waals surface area (Å²) in [6.07, 6.45) is 0. The molecular formula is C17H13ClN2O2. The van der Waals surface area contributed by atoms with E-state index in [4.69, 9.17) is 17.3 Å². The SMILES string of the molecule is NC(=O)c1c(Cl)n(Cc2ccccc2)c2ccccc2c1=O. The van der Waals surface area contributed by atoms with Crippen molar-refractivity contribution in [2.45, 2.75) is 6.54 Å². The molecule has 4 nitrogen and oxygen atoms in total. The molecule has 1 amide bonds. The molecule has 3 rings (SSSR count). The molecule has 0 saturated heterocycles. The van der Waals surface area contributed by atoms with E-state index < -0.39 is 11.3 Å². The van der Waals surface area contributed by atoms with Crippen LogP contribution >= 0.6 is 11.6 Å². The molecule has 0 fully saturated rings. The molecule has 0 aliphatic heterocycles. The van der Waals surface area contributed by atoms with E-state index in [1.54, 1.807) is 22.8 Å². The molecular weight excluding hydrogens is 300 g/mol. The average Bonchev–Trinajstić information content (AvgIpc) is 2.52. The molecule has 0 radical (unpaired) electrons. The van der Waals surface area contributed by atoms with Gasteiger partial charge in [0.15, 0.2) is 0 Å². The minimum Gasteiger partial charge on any atom is -0.365 e. The van der Waals surface area contributed by atoms with Crippen LogP contribution in [0.15, 0.2) is 59.4 Å². The van der Waals surface area contributed by atoms with Crippen molar-refractivity contribution in [3.05, 3.63) is 81.1 Å². The lowest BCUT2D eigenvalue weighted by atomic mass is 10.1. The van der Waals surface area contributed by atoms with Crippen LogP contribution in [0.1, 0.15) is 15.9 Å². The van der Waals surface area contributed by atoms with E-state index in [1.165, 1.54) is 0 Å². The molecule has 0 atom stereocenters. The van der Waals surface area contributed by atoms with Crippen molar-refractivity contribution in [3.8, 4) is 0 Å². The Morgan fingerprint density at radius 3 is 2.36 bits per heavy atom. The number of para-hydroxylation sites is 1. The fraction of sp³-hybridized carbons (Fsp3) is 0.0588. The van der Waals surface area contributed by atoms with Crippen LogP contribution < -0.4 is 11.2 Å². The minimum absolute atomic E-state index is 0.0695. The Kier molecular flexibility index (Phi) is 3.69. The number of benzene rings is 2. The lowest BCUT2D eigenvalue weighted by molar-refractivity contribution is 0.0999. The zero-order valence-electron chi connectivity index (χ0n) is 11.6.